The maximum Gasteiger partial charge on any atom is 0.186 e. The largest absolute Gasteiger partial charge is 0.375 e. The molecule has 2 unspecified atom stereocenters. The predicted octanol–water partition coefficient (Wildman–Crippen LogP) is 3.16. The van der Waals surface area contributed by atoms with Gasteiger partial charge in [-0.15, -0.1) is 11.3 Å². The van der Waals surface area contributed by atoms with E-state index < -0.39 is 0 Å². The van der Waals surface area contributed by atoms with Gasteiger partial charge in [-0.2, -0.15) is 0 Å². The molecule has 0 aromatic carbocycles. The first-order valence-electron chi connectivity index (χ1n) is 7.92. The van der Waals surface area contributed by atoms with Crippen molar-refractivity contribution in [2.45, 2.75) is 65.6 Å². The van der Waals surface area contributed by atoms with Crippen LogP contribution in [0.2, 0.25) is 0 Å². The molecule has 2 heterocycles. The number of hydrogen-bond donors (Lipinski definition) is 1. The van der Waals surface area contributed by atoms with Crippen LogP contribution >= 0.6 is 11.3 Å². The van der Waals surface area contributed by atoms with E-state index in [1.54, 1.807) is 0 Å². The third-order valence-corrected chi connectivity index (χ3v) is 4.88. The van der Waals surface area contributed by atoms with E-state index in [0.717, 1.165) is 31.4 Å². The summed E-state index contributed by atoms with van der Waals surface area (Å²) in [4.78, 5) is 8.76. The van der Waals surface area contributed by atoms with Crippen molar-refractivity contribution in [3.63, 3.8) is 0 Å². The molecular formula is C16H29N3OS. The van der Waals surface area contributed by atoms with Gasteiger partial charge in [-0.1, -0.05) is 27.7 Å². The van der Waals surface area contributed by atoms with Crippen molar-refractivity contribution in [3.05, 3.63) is 10.6 Å². The summed E-state index contributed by atoms with van der Waals surface area (Å²) in [5, 5.41) is 4.59. The first kappa shape index (κ1) is 16.7. The smallest absolute Gasteiger partial charge is 0.186 e. The molecule has 21 heavy (non-hydrogen) atoms. The predicted molar refractivity (Wildman–Crippen MR) is 90.4 cm³/mol. The molecule has 1 aromatic heterocycles. The molecule has 1 aromatic rings. The number of nitrogens with one attached hydrogen (secondary N) is 1. The van der Waals surface area contributed by atoms with Crippen molar-refractivity contribution in [2.75, 3.05) is 24.6 Å². The second-order valence-electron chi connectivity index (χ2n) is 6.94. The standard InChI is InChI=1S/C16H29N3OS/c1-7-17-8-13-14(16(4,5)6)18-15(21-13)19-9-12(3)20-10-11(19)2/h11-12,17H,7-10H2,1-6H3. The Morgan fingerprint density at radius 1 is 1.38 bits per heavy atom. The van der Waals surface area contributed by atoms with Crippen LogP contribution < -0.4 is 10.2 Å². The fourth-order valence-corrected chi connectivity index (χ4v) is 3.93. The number of ether oxygens (including phenoxy) is 1. The maximum absolute atomic E-state index is 5.73. The van der Waals surface area contributed by atoms with Gasteiger partial charge in [0, 0.05) is 23.4 Å². The van der Waals surface area contributed by atoms with Crippen LogP contribution in [0.4, 0.5) is 5.13 Å². The second-order valence-corrected chi connectivity index (χ2v) is 8.01. The number of aromatic nitrogens is 1. The van der Waals surface area contributed by atoms with E-state index in [2.05, 4.69) is 51.8 Å². The van der Waals surface area contributed by atoms with Gasteiger partial charge in [0.2, 0.25) is 0 Å². The first-order chi connectivity index (χ1) is 9.82. The van der Waals surface area contributed by atoms with E-state index in [9.17, 15) is 0 Å². The number of anilines is 1. The zero-order valence-corrected chi connectivity index (χ0v) is 15.0. The van der Waals surface area contributed by atoms with E-state index in [-0.39, 0.29) is 11.5 Å². The van der Waals surface area contributed by atoms with Crippen LogP contribution in [0.1, 0.15) is 52.1 Å². The molecule has 2 rings (SSSR count). The molecule has 0 amide bonds. The highest BCUT2D eigenvalue weighted by Crippen LogP contribution is 2.35. The summed E-state index contributed by atoms with van der Waals surface area (Å²) in [5.74, 6) is 0. The third kappa shape index (κ3) is 3.96. The summed E-state index contributed by atoms with van der Waals surface area (Å²) >= 11 is 1.84. The van der Waals surface area contributed by atoms with E-state index in [0.29, 0.717) is 6.04 Å². The zero-order valence-electron chi connectivity index (χ0n) is 14.2. The highest BCUT2D eigenvalue weighted by molar-refractivity contribution is 7.15. The summed E-state index contributed by atoms with van der Waals surface area (Å²) in [6.45, 7) is 16.8. The lowest BCUT2D eigenvalue weighted by Crippen LogP contribution is -2.47. The van der Waals surface area contributed by atoms with E-state index >= 15 is 0 Å². The number of thiazole rings is 1. The second kappa shape index (κ2) is 6.63. The molecule has 2 atom stereocenters. The van der Waals surface area contributed by atoms with Gasteiger partial charge in [0.05, 0.1) is 24.4 Å². The normalized spacial score (nSPS) is 23.6. The molecule has 0 saturated carbocycles. The Labute approximate surface area is 132 Å². The summed E-state index contributed by atoms with van der Waals surface area (Å²) in [6.07, 6.45) is 0.278. The Kier molecular flexibility index (Phi) is 5.28. The van der Waals surface area contributed by atoms with E-state index in [1.165, 1.54) is 10.6 Å². The molecule has 4 nitrogen and oxygen atoms in total. The number of morpholine rings is 1. The van der Waals surface area contributed by atoms with Crippen molar-refractivity contribution >= 4 is 16.5 Å². The molecule has 1 saturated heterocycles. The molecule has 0 radical (unpaired) electrons. The van der Waals surface area contributed by atoms with Crippen LogP contribution in [0.25, 0.3) is 0 Å². The maximum atomic E-state index is 5.73. The van der Waals surface area contributed by atoms with Crippen LogP contribution in [0, 0.1) is 0 Å². The van der Waals surface area contributed by atoms with Crippen molar-refractivity contribution < 1.29 is 4.74 Å². The lowest BCUT2D eigenvalue weighted by Gasteiger charge is -2.36. The Morgan fingerprint density at radius 2 is 2.10 bits per heavy atom. The lowest BCUT2D eigenvalue weighted by atomic mass is 9.91. The van der Waals surface area contributed by atoms with Crippen molar-refractivity contribution in [1.29, 1.82) is 0 Å². The minimum atomic E-state index is 0.0840. The minimum absolute atomic E-state index is 0.0840. The summed E-state index contributed by atoms with van der Waals surface area (Å²) in [7, 11) is 0. The van der Waals surface area contributed by atoms with E-state index in [1.807, 2.05) is 11.3 Å². The average Bonchev–Trinajstić information content (AvgIpc) is 2.83. The van der Waals surface area contributed by atoms with E-state index in [4.69, 9.17) is 9.72 Å². The number of nitrogens with zero attached hydrogens (tertiary/aromatic N) is 2. The lowest BCUT2D eigenvalue weighted by molar-refractivity contribution is 0.0343. The van der Waals surface area contributed by atoms with Crippen LogP contribution in [0.3, 0.4) is 0 Å². The third-order valence-electron chi connectivity index (χ3n) is 3.79. The van der Waals surface area contributed by atoms with Gasteiger partial charge in [0.25, 0.3) is 0 Å². The Hall–Kier alpha value is -0.650. The monoisotopic (exact) mass is 311 g/mol. The molecule has 0 spiro atoms. The molecule has 1 N–H and O–H groups in total. The topological polar surface area (TPSA) is 37.4 Å². The van der Waals surface area contributed by atoms with Crippen molar-refractivity contribution in [1.82, 2.24) is 10.3 Å². The molecule has 0 aliphatic carbocycles. The number of hydrogen-bond acceptors (Lipinski definition) is 5. The van der Waals surface area contributed by atoms with Gasteiger partial charge < -0.3 is 15.0 Å². The molecule has 0 bridgehead atoms. The molecule has 1 aliphatic rings. The SMILES string of the molecule is CCNCc1sc(N2CC(C)OCC2C)nc1C(C)(C)C. The van der Waals surface area contributed by atoms with Crippen LogP contribution in [-0.4, -0.2) is 36.8 Å². The van der Waals surface area contributed by atoms with Gasteiger partial charge in [-0.25, -0.2) is 4.98 Å². The van der Waals surface area contributed by atoms with Crippen LogP contribution in [-0.2, 0) is 16.7 Å². The quantitative estimate of drug-likeness (QED) is 0.927. The summed E-state index contributed by atoms with van der Waals surface area (Å²) in [5.41, 5.74) is 1.32. The van der Waals surface area contributed by atoms with Gasteiger partial charge in [-0.3, -0.25) is 0 Å². The molecule has 120 valence electrons. The fourth-order valence-electron chi connectivity index (χ4n) is 2.58. The Balaban J connectivity index is 2.29. The minimum Gasteiger partial charge on any atom is -0.375 e. The summed E-state index contributed by atoms with van der Waals surface area (Å²) < 4.78 is 5.73. The van der Waals surface area contributed by atoms with Crippen molar-refractivity contribution in [2.24, 2.45) is 0 Å². The molecule has 1 fully saturated rings. The van der Waals surface area contributed by atoms with Crippen LogP contribution in [0.5, 0.6) is 0 Å². The van der Waals surface area contributed by atoms with Crippen molar-refractivity contribution in [3.8, 4) is 0 Å². The fraction of sp³-hybridized carbons (Fsp3) is 0.812. The molecule has 1 aliphatic heterocycles. The summed E-state index contributed by atoms with van der Waals surface area (Å²) in [6, 6.07) is 0.396. The van der Waals surface area contributed by atoms with Gasteiger partial charge >= 0.3 is 0 Å². The highest BCUT2D eigenvalue weighted by atomic mass is 32.1. The zero-order chi connectivity index (χ0) is 15.6. The molecular weight excluding hydrogens is 282 g/mol. The van der Waals surface area contributed by atoms with Gasteiger partial charge in [0.1, 0.15) is 0 Å². The molecule has 5 heteroatoms. The first-order valence-corrected chi connectivity index (χ1v) is 8.73. The number of rotatable bonds is 4. The van der Waals surface area contributed by atoms with Gasteiger partial charge in [0.15, 0.2) is 5.13 Å². The van der Waals surface area contributed by atoms with Crippen LogP contribution in [0.15, 0.2) is 0 Å². The Morgan fingerprint density at radius 3 is 2.71 bits per heavy atom. The Bertz CT molecular complexity index is 467. The van der Waals surface area contributed by atoms with Gasteiger partial charge in [-0.05, 0) is 20.4 Å². The highest BCUT2D eigenvalue weighted by Gasteiger charge is 2.29. The average molecular weight is 311 g/mol.